The molecule has 1 aliphatic rings. The number of carbonyl (C=O) groups excluding carboxylic acids is 1. The standard InChI is InChI=1S/C20H38O4Si/c1-10-16(24-25(8,9)19(4,5)6)14-15(3)18-20(7,23-18)13-12-17(21)22-11-2/h12-13,15-16,18H,10-11,14H2,1-9H3/b13-12+/t15-,16+,18+,20+/m0/s1. The Labute approximate surface area is 155 Å². The summed E-state index contributed by atoms with van der Waals surface area (Å²) >= 11 is 0. The fourth-order valence-corrected chi connectivity index (χ4v) is 4.36. The van der Waals surface area contributed by atoms with Crippen molar-refractivity contribution in [2.45, 2.75) is 97.2 Å². The van der Waals surface area contributed by atoms with Crippen LogP contribution in [0.2, 0.25) is 18.1 Å². The second-order valence-electron chi connectivity index (χ2n) is 8.93. The van der Waals surface area contributed by atoms with Crippen LogP contribution in [-0.2, 0) is 18.7 Å². The highest BCUT2D eigenvalue weighted by Gasteiger charge is 2.53. The summed E-state index contributed by atoms with van der Waals surface area (Å²) in [6.07, 6.45) is 5.71. The smallest absolute Gasteiger partial charge is 0.330 e. The van der Waals surface area contributed by atoms with E-state index in [1.165, 1.54) is 6.08 Å². The van der Waals surface area contributed by atoms with Gasteiger partial charge in [-0.15, -0.1) is 0 Å². The summed E-state index contributed by atoms with van der Waals surface area (Å²) in [6, 6.07) is 0. The van der Waals surface area contributed by atoms with Crippen LogP contribution in [0.4, 0.5) is 0 Å². The molecule has 0 aliphatic carbocycles. The van der Waals surface area contributed by atoms with E-state index in [9.17, 15) is 4.79 Å². The van der Waals surface area contributed by atoms with Gasteiger partial charge in [-0.2, -0.15) is 0 Å². The number of rotatable bonds is 9. The highest BCUT2D eigenvalue weighted by atomic mass is 28.4. The first kappa shape index (κ1) is 22.4. The van der Waals surface area contributed by atoms with Gasteiger partial charge in [-0.25, -0.2) is 4.79 Å². The number of ether oxygens (including phenoxy) is 2. The van der Waals surface area contributed by atoms with Crippen molar-refractivity contribution in [2.24, 2.45) is 5.92 Å². The number of hydrogen-bond donors (Lipinski definition) is 0. The summed E-state index contributed by atoms with van der Waals surface area (Å²) in [5, 5.41) is 0.219. The third kappa shape index (κ3) is 6.22. The molecule has 0 radical (unpaired) electrons. The maximum absolute atomic E-state index is 11.5. The summed E-state index contributed by atoms with van der Waals surface area (Å²) in [5.74, 6) is 0.0740. The van der Waals surface area contributed by atoms with E-state index in [0.29, 0.717) is 12.5 Å². The lowest BCUT2D eigenvalue weighted by Gasteiger charge is -2.39. The lowest BCUT2D eigenvalue weighted by molar-refractivity contribution is -0.137. The Morgan fingerprint density at radius 1 is 1.32 bits per heavy atom. The van der Waals surface area contributed by atoms with E-state index in [0.717, 1.165) is 12.8 Å². The number of esters is 1. The Kier molecular flexibility index (Phi) is 7.49. The summed E-state index contributed by atoms with van der Waals surface area (Å²) < 4.78 is 17.4. The highest BCUT2D eigenvalue weighted by Crippen LogP contribution is 2.45. The molecule has 1 fully saturated rings. The van der Waals surface area contributed by atoms with Crippen molar-refractivity contribution in [1.82, 2.24) is 0 Å². The fraction of sp³-hybridized carbons (Fsp3) is 0.850. The second kappa shape index (κ2) is 8.36. The first-order valence-electron chi connectivity index (χ1n) is 9.58. The molecule has 0 aromatic rings. The van der Waals surface area contributed by atoms with Crippen molar-refractivity contribution >= 4 is 14.3 Å². The Bertz CT molecular complexity index is 481. The minimum Gasteiger partial charge on any atom is -0.463 e. The highest BCUT2D eigenvalue weighted by molar-refractivity contribution is 6.74. The molecule has 0 saturated carbocycles. The van der Waals surface area contributed by atoms with Crippen LogP contribution in [0, 0.1) is 5.92 Å². The van der Waals surface area contributed by atoms with E-state index in [4.69, 9.17) is 13.9 Å². The SMILES string of the molecule is CCOC(=O)/C=C/[C@@]1(C)O[C@@H]1[C@@H](C)C[C@@H](CC)O[Si](C)(C)C(C)(C)C. The van der Waals surface area contributed by atoms with E-state index in [2.05, 4.69) is 47.7 Å². The zero-order valence-electron chi connectivity index (χ0n) is 17.6. The number of epoxide rings is 1. The lowest BCUT2D eigenvalue weighted by Crippen LogP contribution is -2.44. The maximum atomic E-state index is 11.5. The first-order valence-corrected chi connectivity index (χ1v) is 12.5. The number of carbonyl (C=O) groups is 1. The van der Waals surface area contributed by atoms with E-state index >= 15 is 0 Å². The zero-order valence-corrected chi connectivity index (χ0v) is 18.6. The third-order valence-corrected chi connectivity index (χ3v) is 10.1. The van der Waals surface area contributed by atoms with Crippen molar-refractivity contribution in [2.75, 3.05) is 6.61 Å². The molecule has 1 saturated heterocycles. The molecule has 1 rings (SSSR count). The van der Waals surface area contributed by atoms with Gasteiger partial charge in [-0.3, -0.25) is 0 Å². The molecule has 0 unspecified atom stereocenters. The van der Waals surface area contributed by atoms with Crippen LogP contribution in [0.1, 0.15) is 61.3 Å². The molecule has 0 bridgehead atoms. The molecule has 0 N–H and O–H groups in total. The van der Waals surface area contributed by atoms with Crippen LogP contribution in [0.15, 0.2) is 12.2 Å². The van der Waals surface area contributed by atoms with Crippen molar-refractivity contribution < 1.29 is 18.7 Å². The topological polar surface area (TPSA) is 48.1 Å². The van der Waals surface area contributed by atoms with Crippen LogP contribution < -0.4 is 0 Å². The molecule has 1 aliphatic heterocycles. The van der Waals surface area contributed by atoms with Crippen molar-refractivity contribution in [3.8, 4) is 0 Å². The predicted octanol–water partition coefficient (Wildman–Crippen LogP) is 5.09. The fourth-order valence-electron chi connectivity index (χ4n) is 2.91. The van der Waals surface area contributed by atoms with Crippen molar-refractivity contribution in [1.29, 1.82) is 0 Å². The predicted molar refractivity (Wildman–Crippen MR) is 105 cm³/mol. The van der Waals surface area contributed by atoms with Gasteiger partial charge in [-0.1, -0.05) is 34.6 Å². The Morgan fingerprint density at radius 3 is 2.40 bits per heavy atom. The van der Waals surface area contributed by atoms with Crippen LogP contribution >= 0.6 is 0 Å². The van der Waals surface area contributed by atoms with Crippen molar-refractivity contribution in [3.63, 3.8) is 0 Å². The van der Waals surface area contributed by atoms with Crippen LogP contribution in [-0.4, -0.2) is 38.7 Å². The Morgan fingerprint density at radius 2 is 1.92 bits per heavy atom. The first-order chi connectivity index (χ1) is 11.4. The molecule has 0 aromatic heterocycles. The summed E-state index contributed by atoms with van der Waals surface area (Å²) in [5.41, 5.74) is -0.360. The van der Waals surface area contributed by atoms with Crippen molar-refractivity contribution in [3.05, 3.63) is 12.2 Å². The van der Waals surface area contributed by atoms with Gasteiger partial charge < -0.3 is 13.9 Å². The van der Waals surface area contributed by atoms with E-state index in [1.54, 1.807) is 6.92 Å². The normalized spacial score (nSPS) is 26.5. The summed E-state index contributed by atoms with van der Waals surface area (Å²) in [7, 11) is -1.76. The number of hydrogen-bond acceptors (Lipinski definition) is 4. The molecule has 0 amide bonds. The average molecular weight is 371 g/mol. The lowest BCUT2D eigenvalue weighted by atomic mass is 9.92. The molecular weight excluding hydrogens is 332 g/mol. The van der Waals surface area contributed by atoms with E-state index < -0.39 is 8.32 Å². The van der Waals surface area contributed by atoms with E-state index in [1.807, 2.05) is 13.0 Å². The molecule has 0 spiro atoms. The minimum atomic E-state index is -1.76. The van der Waals surface area contributed by atoms with E-state index in [-0.39, 0.29) is 28.8 Å². The quantitative estimate of drug-likeness (QED) is 0.245. The average Bonchev–Trinajstić information content (AvgIpc) is 3.16. The van der Waals surface area contributed by atoms with Gasteiger partial charge in [0.05, 0.1) is 12.7 Å². The molecule has 4 atom stereocenters. The minimum absolute atomic E-state index is 0.134. The molecule has 5 heteroatoms. The van der Waals surface area contributed by atoms with Gasteiger partial charge in [0.25, 0.3) is 0 Å². The monoisotopic (exact) mass is 370 g/mol. The summed E-state index contributed by atoms with van der Waals surface area (Å²) in [4.78, 5) is 11.5. The molecular formula is C20H38O4Si. The molecule has 25 heavy (non-hydrogen) atoms. The van der Waals surface area contributed by atoms with Gasteiger partial charge >= 0.3 is 5.97 Å². The van der Waals surface area contributed by atoms with Gasteiger partial charge in [0.2, 0.25) is 0 Å². The van der Waals surface area contributed by atoms with Crippen LogP contribution in [0.25, 0.3) is 0 Å². The van der Waals surface area contributed by atoms with Gasteiger partial charge in [0.1, 0.15) is 5.60 Å². The van der Waals surface area contributed by atoms with Gasteiger partial charge in [0, 0.05) is 12.2 Å². The van der Waals surface area contributed by atoms with Crippen LogP contribution in [0.3, 0.4) is 0 Å². The van der Waals surface area contributed by atoms with Gasteiger partial charge in [-0.05, 0) is 56.8 Å². The molecule has 1 heterocycles. The molecule has 146 valence electrons. The largest absolute Gasteiger partial charge is 0.463 e. The Balaban J connectivity index is 2.61. The second-order valence-corrected chi connectivity index (χ2v) is 13.7. The molecule has 0 aromatic carbocycles. The maximum Gasteiger partial charge on any atom is 0.330 e. The van der Waals surface area contributed by atoms with Crippen LogP contribution in [0.5, 0.6) is 0 Å². The zero-order chi connectivity index (χ0) is 19.5. The van der Waals surface area contributed by atoms with Gasteiger partial charge in [0.15, 0.2) is 8.32 Å². The Hall–Kier alpha value is -0.653. The molecule has 4 nitrogen and oxygen atoms in total. The summed E-state index contributed by atoms with van der Waals surface area (Å²) in [6.45, 7) is 20.1. The third-order valence-electron chi connectivity index (χ3n) is 5.60.